The van der Waals surface area contributed by atoms with E-state index in [4.69, 9.17) is 0 Å². The van der Waals surface area contributed by atoms with Crippen LogP contribution < -0.4 is 5.32 Å². The maximum absolute atomic E-state index is 11.5. The smallest absolute Gasteiger partial charge is 0.151 e. The Morgan fingerprint density at radius 3 is 2.74 bits per heavy atom. The Morgan fingerprint density at radius 2 is 2.21 bits per heavy atom. The second-order valence-corrected chi connectivity index (χ2v) is 7.12. The molecule has 6 nitrogen and oxygen atoms in total. The zero-order valence-corrected chi connectivity index (χ0v) is 12.2. The van der Waals surface area contributed by atoms with Gasteiger partial charge in [0, 0.05) is 19.1 Å². The van der Waals surface area contributed by atoms with E-state index in [-0.39, 0.29) is 11.8 Å². The molecule has 0 aliphatic carbocycles. The molecule has 1 atom stereocenters. The van der Waals surface area contributed by atoms with Crippen LogP contribution >= 0.6 is 0 Å². The first-order valence-corrected chi connectivity index (χ1v) is 8.28. The molecule has 1 unspecified atom stereocenters. The van der Waals surface area contributed by atoms with Gasteiger partial charge in [-0.15, -0.1) is 0 Å². The lowest BCUT2D eigenvalue weighted by atomic mass is 10.2. The minimum absolute atomic E-state index is 0.0974. The lowest BCUT2D eigenvalue weighted by molar-refractivity contribution is 0.251. The lowest BCUT2D eigenvalue weighted by Gasteiger charge is -2.22. The SMILES string of the molecule is CCNc1cnc(CN(C)C2CCS(=O)(=O)C2)cn1. The fourth-order valence-corrected chi connectivity index (χ4v) is 4.02. The van der Waals surface area contributed by atoms with E-state index in [1.807, 2.05) is 18.9 Å². The standard InChI is InChI=1S/C12H20N4O2S/c1-3-13-12-7-14-10(6-15-12)8-16(2)11-4-5-19(17,18)9-11/h6-7,11H,3-5,8-9H2,1-2H3,(H,13,15). The van der Waals surface area contributed by atoms with Crippen molar-refractivity contribution in [1.29, 1.82) is 0 Å². The van der Waals surface area contributed by atoms with Crippen LogP contribution in [0.5, 0.6) is 0 Å². The van der Waals surface area contributed by atoms with Gasteiger partial charge in [-0.2, -0.15) is 0 Å². The highest BCUT2D eigenvalue weighted by atomic mass is 32.2. The average Bonchev–Trinajstić information content (AvgIpc) is 2.73. The lowest BCUT2D eigenvalue weighted by Crippen LogP contribution is -2.32. The number of hydrogen-bond acceptors (Lipinski definition) is 6. The molecule has 1 saturated heterocycles. The van der Waals surface area contributed by atoms with Crippen LogP contribution in [0.15, 0.2) is 12.4 Å². The number of sulfone groups is 1. The molecule has 0 spiro atoms. The number of hydrogen-bond donors (Lipinski definition) is 1. The van der Waals surface area contributed by atoms with Crippen LogP contribution in [-0.4, -0.2) is 54.4 Å². The zero-order chi connectivity index (χ0) is 13.9. The number of nitrogens with one attached hydrogen (secondary N) is 1. The molecule has 2 heterocycles. The van der Waals surface area contributed by atoms with E-state index in [2.05, 4.69) is 15.3 Å². The van der Waals surface area contributed by atoms with Crippen molar-refractivity contribution >= 4 is 15.7 Å². The van der Waals surface area contributed by atoms with Crippen LogP contribution in [0.3, 0.4) is 0 Å². The average molecular weight is 284 g/mol. The van der Waals surface area contributed by atoms with E-state index < -0.39 is 9.84 Å². The Kier molecular flexibility index (Phi) is 4.36. The molecular formula is C12H20N4O2S. The Labute approximate surface area is 114 Å². The van der Waals surface area contributed by atoms with Crippen molar-refractivity contribution in [2.24, 2.45) is 0 Å². The number of rotatable bonds is 5. The largest absolute Gasteiger partial charge is 0.369 e. The van der Waals surface area contributed by atoms with Gasteiger partial charge >= 0.3 is 0 Å². The van der Waals surface area contributed by atoms with Gasteiger partial charge < -0.3 is 5.32 Å². The molecule has 0 saturated carbocycles. The van der Waals surface area contributed by atoms with E-state index >= 15 is 0 Å². The fourth-order valence-electron chi connectivity index (χ4n) is 2.22. The first-order valence-electron chi connectivity index (χ1n) is 6.45. The summed E-state index contributed by atoms with van der Waals surface area (Å²) in [6, 6.07) is 0.0974. The van der Waals surface area contributed by atoms with Crippen LogP contribution in [0.2, 0.25) is 0 Å². The number of nitrogens with zero attached hydrogens (tertiary/aromatic N) is 3. The van der Waals surface area contributed by atoms with Crippen LogP contribution in [-0.2, 0) is 16.4 Å². The summed E-state index contributed by atoms with van der Waals surface area (Å²) >= 11 is 0. The Bertz CT molecular complexity index is 515. The van der Waals surface area contributed by atoms with Crippen molar-refractivity contribution in [3.05, 3.63) is 18.1 Å². The monoisotopic (exact) mass is 284 g/mol. The summed E-state index contributed by atoms with van der Waals surface area (Å²) in [4.78, 5) is 10.6. The first-order chi connectivity index (χ1) is 9.00. The van der Waals surface area contributed by atoms with Crippen molar-refractivity contribution in [2.45, 2.75) is 25.9 Å². The van der Waals surface area contributed by atoms with Gasteiger partial charge in [0.05, 0.1) is 29.6 Å². The topological polar surface area (TPSA) is 75.2 Å². The molecule has 1 fully saturated rings. The van der Waals surface area contributed by atoms with E-state index in [9.17, 15) is 8.42 Å². The third-order valence-corrected chi connectivity index (χ3v) is 5.06. The van der Waals surface area contributed by atoms with E-state index in [1.54, 1.807) is 12.4 Å². The van der Waals surface area contributed by atoms with Gasteiger partial charge in [-0.3, -0.25) is 9.88 Å². The summed E-state index contributed by atoms with van der Waals surface area (Å²) in [5.41, 5.74) is 0.855. The van der Waals surface area contributed by atoms with Crippen LogP contribution in [0.1, 0.15) is 19.0 Å². The van der Waals surface area contributed by atoms with E-state index in [0.717, 1.165) is 18.1 Å². The minimum Gasteiger partial charge on any atom is -0.369 e. The maximum Gasteiger partial charge on any atom is 0.151 e. The second kappa shape index (κ2) is 5.83. The van der Waals surface area contributed by atoms with Gasteiger partial charge in [0.2, 0.25) is 0 Å². The van der Waals surface area contributed by atoms with Crippen molar-refractivity contribution < 1.29 is 8.42 Å². The summed E-state index contributed by atoms with van der Waals surface area (Å²) in [6.07, 6.45) is 4.15. The normalized spacial score (nSPS) is 21.7. The molecule has 1 aromatic rings. The Hall–Kier alpha value is -1.21. The molecule has 7 heteroatoms. The van der Waals surface area contributed by atoms with Crippen molar-refractivity contribution in [2.75, 3.05) is 30.4 Å². The molecule has 19 heavy (non-hydrogen) atoms. The number of anilines is 1. The molecule has 0 aromatic carbocycles. The van der Waals surface area contributed by atoms with Gasteiger partial charge in [0.1, 0.15) is 5.82 Å². The summed E-state index contributed by atoms with van der Waals surface area (Å²) in [5.74, 6) is 1.32. The summed E-state index contributed by atoms with van der Waals surface area (Å²) in [5, 5.41) is 3.09. The predicted octanol–water partition coefficient (Wildman–Crippen LogP) is 0.527. The maximum atomic E-state index is 11.5. The Morgan fingerprint density at radius 1 is 1.42 bits per heavy atom. The fraction of sp³-hybridized carbons (Fsp3) is 0.667. The third kappa shape index (κ3) is 3.87. The highest BCUT2D eigenvalue weighted by molar-refractivity contribution is 7.91. The van der Waals surface area contributed by atoms with Gasteiger partial charge in [0.25, 0.3) is 0 Å². The first kappa shape index (κ1) is 14.2. The Balaban J connectivity index is 1.93. The van der Waals surface area contributed by atoms with E-state index in [1.165, 1.54) is 0 Å². The molecular weight excluding hydrogens is 264 g/mol. The quantitative estimate of drug-likeness (QED) is 0.850. The predicted molar refractivity (Wildman–Crippen MR) is 74.7 cm³/mol. The zero-order valence-electron chi connectivity index (χ0n) is 11.3. The molecule has 0 amide bonds. The number of aromatic nitrogens is 2. The molecule has 0 radical (unpaired) electrons. The molecule has 0 bridgehead atoms. The third-order valence-electron chi connectivity index (χ3n) is 3.31. The molecule has 2 rings (SSSR count). The van der Waals surface area contributed by atoms with Gasteiger partial charge in [0.15, 0.2) is 9.84 Å². The molecule has 1 aromatic heterocycles. The van der Waals surface area contributed by atoms with Gasteiger partial charge in [-0.05, 0) is 20.4 Å². The van der Waals surface area contributed by atoms with Crippen molar-refractivity contribution in [3.8, 4) is 0 Å². The summed E-state index contributed by atoms with van der Waals surface area (Å²) < 4.78 is 22.9. The highest BCUT2D eigenvalue weighted by Crippen LogP contribution is 2.17. The molecule has 1 N–H and O–H groups in total. The molecule has 1 aliphatic rings. The second-order valence-electron chi connectivity index (χ2n) is 4.90. The van der Waals surface area contributed by atoms with Gasteiger partial charge in [-0.1, -0.05) is 0 Å². The minimum atomic E-state index is -2.83. The van der Waals surface area contributed by atoms with Gasteiger partial charge in [-0.25, -0.2) is 13.4 Å². The molecule has 106 valence electrons. The highest BCUT2D eigenvalue weighted by Gasteiger charge is 2.30. The van der Waals surface area contributed by atoms with Crippen LogP contribution in [0.25, 0.3) is 0 Å². The summed E-state index contributed by atoms with van der Waals surface area (Å²) in [6.45, 7) is 3.44. The van der Waals surface area contributed by atoms with Crippen molar-refractivity contribution in [1.82, 2.24) is 14.9 Å². The van der Waals surface area contributed by atoms with Crippen LogP contribution in [0, 0.1) is 0 Å². The van der Waals surface area contributed by atoms with Crippen LogP contribution in [0.4, 0.5) is 5.82 Å². The molecule has 1 aliphatic heterocycles. The van der Waals surface area contributed by atoms with Crippen molar-refractivity contribution in [3.63, 3.8) is 0 Å². The summed E-state index contributed by atoms with van der Waals surface area (Å²) in [7, 11) is -0.899. The van der Waals surface area contributed by atoms with E-state index in [0.29, 0.717) is 18.7 Å².